The number of H-pyrrole nitrogens is 2. The molecule has 0 radical (unpaired) electrons. The van der Waals surface area contributed by atoms with E-state index in [4.69, 9.17) is 0 Å². The molecule has 3 aromatic rings. The van der Waals surface area contributed by atoms with Crippen LogP contribution in [0.3, 0.4) is 0 Å². The molecule has 0 saturated heterocycles. The molecule has 2 heterocycles. The number of rotatable bonds is 8. The normalized spacial score (nSPS) is 10.9. The highest BCUT2D eigenvalue weighted by molar-refractivity contribution is 5.87. The molecule has 3 N–H and O–H groups in total. The number of aromatic amines is 2. The molecule has 0 saturated carbocycles. The van der Waals surface area contributed by atoms with Crippen LogP contribution in [0, 0.1) is 13.8 Å². The molecule has 0 amide bonds. The molecular formula is C22H33N7O. The monoisotopic (exact) mass is 411 g/mol. The summed E-state index contributed by atoms with van der Waals surface area (Å²) in [6.07, 6.45) is 3.42. The minimum absolute atomic E-state index is 0.370. The number of aromatic nitrogens is 4. The molecule has 0 atom stereocenters. The van der Waals surface area contributed by atoms with E-state index in [-0.39, 0.29) is 0 Å². The van der Waals surface area contributed by atoms with E-state index in [1.54, 1.807) is 0 Å². The zero-order valence-corrected chi connectivity index (χ0v) is 18.8. The van der Waals surface area contributed by atoms with Gasteiger partial charge in [-0.1, -0.05) is 27.7 Å². The van der Waals surface area contributed by atoms with E-state index in [9.17, 15) is 4.79 Å². The minimum atomic E-state index is -0.427. The van der Waals surface area contributed by atoms with Crippen molar-refractivity contribution in [1.29, 1.82) is 0 Å². The van der Waals surface area contributed by atoms with E-state index in [1.165, 1.54) is 11.8 Å². The van der Waals surface area contributed by atoms with Crippen LogP contribution in [0.25, 0.3) is 10.9 Å². The molecular weight excluding hydrogens is 378 g/mol. The van der Waals surface area contributed by atoms with Crippen LogP contribution in [-0.4, -0.2) is 39.2 Å². The van der Waals surface area contributed by atoms with E-state index in [0.29, 0.717) is 11.8 Å². The maximum atomic E-state index is 11.9. The number of nitrogens with zero attached hydrogens (tertiary/aromatic N) is 4. The Kier molecular flexibility index (Phi) is 8.58. The van der Waals surface area contributed by atoms with Crippen LogP contribution >= 0.6 is 0 Å². The molecule has 0 aliphatic heterocycles. The highest BCUT2D eigenvalue weighted by atomic mass is 16.1. The summed E-state index contributed by atoms with van der Waals surface area (Å²) in [4.78, 5) is 28.3. The van der Waals surface area contributed by atoms with Gasteiger partial charge in [-0.2, -0.15) is 15.1 Å². The van der Waals surface area contributed by atoms with Crippen LogP contribution in [0.15, 0.2) is 28.1 Å². The predicted molar refractivity (Wildman–Crippen MR) is 126 cm³/mol. The molecule has 0 fully saturated rings. The van der Waals surface area contributed by atoms with Crippen LogP contribution < -0.4 is 16.0 Å². The van der Waals surface area contributed by atoms with Crippen molar-refractivity contribution in [2.24, 2.45) is 5.10 Å². The predicted octanol–water partition coefficient (Wildman–Crippen LogP) is 4.36. The third-order valence-electron chi connectivity index (χ3n) is 4.62. The Bertz CT molecular complexity index is 1030. The van der Waals surface area contributed by atoms with E-state index in [1.807, 2.05) is 36.9 Å². The van der Waals surface area contributed by atoms with E-state index >= 15 is 0 Å². The van der Waals surface area contributed by atoms with Crippen molar-refractivity contribution in [3.8, 4) is 0 Å². The standard InChI is InChI=1S/C20H27N7O.C2H6/c1-5-9-27(10-6-2)19-23-18(24-20(28)25-19)12-21-26-15-7-8-17-16(11-15)13(3)14(4)22-17;1-2/h7-8,11-12,22,26H,5-6,9-10H2,1-4H3,(H,23,24,25,28);1-2H3/b21-12+;. The van der Waals surface area contributed by atoms with Gasteiger partial charge in [-0.15, -0.1) is 0 Å². The van der Waals surface area contributed by atoms with Crippen LogP contribution in [0.5, 0.6) is 0 Å². The second-order valence-electron chi connectivity index (χ2n) is 6.83. The molecule has 0 spiro atoms. The number of benzene rings is 1. The van der Waals surface area contributed by atoms with Crippen molar-refractivity contribution in [2.45, 2.75) is 54.4 Å². The van der Waals surface area contributed by atoms with Gasteiger partial charge in [-0.25, -0.2) is 4.79 Å². The summed E-state index contributed by atoms with van der Waals surface area (Å²) in [5.41, 5.74) is 6.91. The molecule has 1 aromatic carbocycles. The van der Waals surface area contributed by atoms with Crippen LogP contribution in [-0.2, 0) is 0 Å². The third kappa shape index (κ3) is 5.68. The summed E-state index contributed by atoms with van der Waals surface area (Å²) < 4.78 is 0. The SMILES string of the molecule is CC.CCCN(CCC)c1nc(/C=N/Nc2ccc3[nH]c(C)c(C)c3c2)[nH]c(=O)n1. The molecule has 8 heteroatoms. The Labute approximate surface area is 177 Å². The largest absolute Gasteiger partial charge is 0.358 e. The van der Waals surface area contributed by atoms with Gasteiger partial charge in [0.15, 0.2) is 5.82 Å². The van der Waals surface area contributed by atoms with Crippen molar-refractivity contribution in [2.75, 3.05) is 23.4 Å². The lowest BCUT2D eigenvalue weighted by atomic mass is 10.1. The number of hydrogen-bond acceptors (Lipinski definition) is 6. The average molecular weight is 412 g/mol. The zero-order chi connectivity index (χ0) is 22.1. The van der Waals surface area contributed by atoms with Crippen molar-refractivity contribution in [1.82, 2.24) is 19.9 Å². The van der Waals surface area contributed by atoms with Crippen LogP contribution in [0.4, 0.5) is 11.6 Å². The molecule has 162 valence electrons. The Morgan fingerprint density at radius 2 is 1.80 bits per heavy atom. The highest BCUT2D eigenvalue weighted by Gasteiger charge is 2.10. The van der Waals surface area contributed by atoms with Crippen molar-refractivity contribution >= 4 is 28.8 Å². The molecule has 0 aliphatic rings. The maximum absolute atomic E-state index is 11.9. The Balaban J connectivity index is 0.00000155. The Hall–Kier alpha value is -3.16. The number of aryl methyl sites for hydroxylation is 2. The fourth-order valence-electron chi connectivity index (χ4n) is 3.14. The first-order valence-electron chi connectivity index (χ1n) is 10.6. The van der Waals surface area contributed by atoms with E-state index in [2.05, 4.69) is 58.2 Å². The van der Waals surface area contributed by atoms with Crippen LogP contribution in [0.1, 0.15) is 57.6 Å². The lowest BCUT2D eigenvalue weighted by Gasteiger charge is -2.20. The van der Waals surface area contributed by atoms with Gasteiger partial charge in [-0.3, -0.25) is 10.4 Å². The summed E-state index contributed by atoms with van der Waals surface area (Å²) >= 11 is 0. The summed E-state index contributed by atoms with van der Waals surface area (Å²) in [5, 5.41) is 5.38. The molecule has 0 unspecified atom stereocenters. The topological polar surface area (TPSA) is 102 Å². The van der Waals surface area contributed by atoms with Crippen molar-refractivity contribution in [3.05, 3.63) is 45.8 Å². The Morgan fingerprint density at radius 1 is 1.10 bits per heavy atom. The quantitative estimate of drug-likeness (QED) is 0.377. The third-order valence-corrected chi connectivity index (χ3v) is 4.62. The Morgan fingerprint density at radius 3 is 2.47 bits per heavy atom. The number of hydrogen-bond donors (Lipinski definition) is 3. The van der Waals surface area contributed by atoms with Gasteiger partial charge in [0.05, 0.1) is 11.9 Å². The molecule has 0 aliphatic carbocycles. The number of hydrazone groups is 1. The van der Waals surface area contributed by atoms with Gasteiger partial charge in [0.1, 0.15) is 0 Å². The highest BCUT2D eigenvalue weighted by Crippen LogP contribution is 2.24. The zero-order valence-electron chi connectivity index (χ0n) is 18.8. The van der Waals surface area contributed by atoms with Gasteiger partial charge < -0.3 is 9.88 Å². The van der Waals surface area contributed by atoms with Gasteiger partial charge in [0.2, 0.25) is 5.95 Å². The molecule has 8 nitrogen and oxygen atoms in total. The fraction of sp³-hybridized carbons (Fsp3) is 0.455. The second kappa shape index (κ2) is 11.1. The number of fused-ring (bicyclic) bond motifs is 1. The first-order chi connectivity index (χ1) is 14.5. The van der Waals surface area contributed by atoms with Crippen LogP contribution in [0.2, 0.25) is 0 Å². The summed E-state index contributed by atoms with van der Waals surface area (Å²) in [7, 11) is 0. The summed E-state index contributed by atoms with van der Waals surface area (Å²) in [6, 6.07) is 6.02. The number of anilines is 2. The molecule has 0 bridgehead atoms. The van der Waals surface area contributed by atoms with E-state index in [0.717, 1.165) is 48.2 Å². The molecule has 2 aromatic heterocycles. The minimum Gasteiger partial charge on any atom is -0.358 e. The van der Waals surface area contributed by atoms with Gasteiger partial charge in [0.25, 0.3) is 0 Å². The first-order valence-corrected chi connectivity index (χ1v) is 10.6. The first kappa shape index (κ1) is 23.1. The second-order valence-corrected chi connectivity index (χ2v) is 6.83. The van der Waals surface area contributed by atoms with Gasteiger partial charge in [-0.05, 0) is 50.5 Å². The lowest BCUT2D eigenvalue weighted by molar-refractivity contribution is 0.712. The molecule has 3 rings (SSSR count). The lowest BCUT2D eigenvalue weighted by Crippen LogP contribution is -2.30. The molecule has 30 heavy (non-hydrogen) atoms. The average Bonchev–Trinajstić information content (AvgIpc) is 3.02. The van der Waals surface area contributed by atoms with Gasteiger partial charge in [0, 0.05) is 29.7 Å². The van der Waals surface area contributed by atoms with Crippen molar-refractivity contribution in [3.63, 3.8) is 0 Å². The maximum Gasteiger partial charge on any atom is 0.349 e. The summed E-state index contributed by atoms with van der Waals surface area (Å²) in [6.45, 7) is 13.9. The fourth-order valence-corrected chi connectivity index (χ4v) is 3.14. The smallest absolute Gasteiger partial charge is 0.349 e. The van der Waals surface area contributed by atoms with Crippen molar-refractivity contribution < 1.29 is 0 Å². The number of nitrogens with one attached hydrogen (secondary N) is 3. The summed E-state index contributed by atoms with van der Waals surface area (Å²) in [5.74, 6) is 0.809. The van der Waals surface area contributed by atoms with E-state index < -0.39 is 5.69 Å². The van der Waals surface area contributed by atoms with Gasteiger partial charge >= 0.3 is 5.69 Å².